The molecule has 1 atom stereocenters. The second-order valence-corrected chi connectivity index (χ2v) is 6.80. The molecule has 0 spiro atoms. The molecule has 0 fully saturated rings. The maximum absolute atomic E-state index is 10.1. The molecule has 0 bridgehead atoms. The van der Waals surface area contributed by atoms with Gasteiger partial charge in [-0.1, -0.05) is 23.2 Å². The van der Waals surface area contributed by atoms with Gasteiger partial charge in [0.05, 0.1) is 6.10 Å². The first-order valence-electron chi connectivity index (χ1n) is 5.63. The fourth-order valence-corrected chi connectivity index (χ4v) is 3.50. The number of hydrogen-bond donors (Lipinski definition) is 2. The van der Waals surface area contributed by atoms with Gasteiger partial charge in [-0.05, 0) is 40.2 Å². The highest BCUT2D eigenvalue weighted by Gasteiger charge is 2.12. The molecule has 0 aliphatic rings. The molecule has 0 saturated heterocycles. The molecule has 0 amide bonds. The van der Waals surface area contributed by atoms with Crippen molar-refractivity contribution in [3.8, 4) is 0 Å². The van der Waals surface area contributed by atoms with E-state index in [1.165, 1.54) is 4.88 Å². The molecule has 0 aliphatic heterocycles. The first kappa shape index (κ1) is 15.3. The van der Waals surface area contributed by atoms with Crippen LogP contribution in [0.3, 0.4) is 0 Å². The summed E-state index contributed by atoms with van der Waals surface area (Å²) < 4.78 is 1.08. The van der Waals surface area contributed by atoms with Crippen LogP contribution in [0.25, 0.3) is 0 Å². The number of aliphatic hydroxyl groups excluding tert-OH is 1. The Morgan fingerprint density at radius 3 is 2.79 bits per heavy atom. The van der Waals surface area contributed by atoms with E-state index >= 15 is 0 Å². The van der Waals surface area contributed by atoms with Crippen LogP contribution in [0.5, 0.6) is 0 Å². The average Bonchev–Trinajstić information content (AvgIpc) is 2.78. The summed E-state index contributed by atoms with van der Waals surface area (Å²) in [5.41, 5.74) is 0.647. The van der Waals surface area contributed by atoms with Crippen molar-refractivity contribution < 1.29 is 5.11 Å². The fraction of sp³-hybridized carbons (Fsp3) is 0.231. The van der Waals surface area contributed by atoms with Gasteiger partial charge in [-0.3, -0.25) is 0 Å². The number of hydrogen-bond acceptors (Lipinski definition) is 3. The molecule has 2 aromatic rings. The van der Waals surface area contributed by atoms with Gasteiger partial charge in [0.15, 0.2) is 0 Å². The lowest BCUT2D eigenvalue weighted by Crippen LogP contribution is -2.20. The lowest BCUT2D eigenvalue weighted by Gasteiger charge is -2.13. The smallest absolute Gasteiger partial charge is 0.0929 e. The normalized spacial score (nSPS) is 12.6. The molecule has 1 unspecified atom stereocenters. The quantitative estimate of drug-likeness (QED) is 0.791. The molecular weight excluding hydrogens is 369 g/mol. The molecular formula is C13H12BrCl2NOS. The maximum atomic E-state index is 10.1. The predicted octanol–water partition coefficient (Wildman–Crippen LogP) is 4.64. The molecule has 1 heterocycles. The van der Waals surface area contributed by atoms with Gasteiger partial charge >= 0.3 is 0 Å². The Hall–Kier alpha value is -0.100. The summed E-state index contributed by atoms with van der Waals surface area (Å²) in [5, 5.41) is 16.4. The monoisotopic (exact) mass is 379 g/mol. The van der Waals surface area contributed by atoms with Gasteiger partial charge in [-0.2, -0.15) is 0 Å². The molecule has 2 rings (SSSR count). The van der Waals surface area contributed by atoms with Gasteiger partial charge in [0, 0.05) is 43.4 Å². The third kappa shape index (κ3) is 4.45. The summed E-state index contributed by atoms with van der Waals surface area (Å²) in [7, 11) is 0. The molecule has 0 saturated carbocycles. The lowest BCUT2D eigenvalue weighted by molar-refractivity contribution is 0.174. The number of benzene rings is 1. The van der Waals surface area contributed by atoms with Crippen molar-refractivity contribution in [2.75, 3.05) is 6.54 Å². The van der Waals surface area contributed by atoms with Crippen LogP contribution in [0.15, 0.2) is 34.1 Å². The van der Waals surface area contributed by atoms with E-state index in [1.54, 1.807) is 29.5 Å². The van der Waals surface area contributed by atoms with Gasteiger partial charge in [0.1, 0.15) is 0 Å². The van der Waals surface area contributed by atoms with Crippen molar-refractivity contribution in [2.45, 2.75) is 12.6 Å². The van der Waals surface area contributed by atoms with Crippen molar-refractivity contribution in [3.05, 3.63) is 54.6 Å². The van der Waals surface area contributed by atoms with Gasteiger partial charge in [-0.15, -0.1) is 11.3 Å². The second kappa shape index (κ2) is 7.07. The number of nitrogens with one attached hydrogen (secondary N) is 1. The molecule has 102 valence electrons. The Labute approximate surface area is 134 Å². The van der Waals surface area contributed by atoms with Crippen LogP contribution in [0.2, 0.25) is 10.0 Å². The fourth-order valence-electron chi connectivity index (χ4n) is 1.66. The Morgan fingerprint density at radius 2 is 2.11 bits per heavy atom. The first-order valence-corrected chi connectivity index (χ1v) is 8.06. The van der Waals surface area contributed by atoms with E-state index in [0.717, 1.165) is 4.47 Å². The average molecular weight is 381 g/mol. The Kier molecular flexibility index (Phi) is 5.69. The number of aliphatic hydroxyl groups is 1. The zero-order chi connectivity index (χ0) is 13.8. The molecule has 1 aromatic heterocycles. The van der Waals surface area contributed by atoms with Crippen molar-refractivity contribution in [1.29, 1.82) is 0 Å². The lowest BCUT2D eigenvalue weighted by atomic mass is 10.1. The number of halogens is 3. The highest BCUT2D eigenvalue weighted by molar-refractivity contribution is 9.10. The molecule has 2 N–H and O–H groups in total. The second-order valence-electron chi connectivity index (χ2n) is 4.04. The zero-order valence-corrected chi connectivity index (χ0v) is 13.8. The summed E-state index contributed by atoms with van der Waals surface area (Å²) in [4.78, 5) is 1.20. The maximum Gasteiger partial charge on any atom is 0.0929 e. The third-order valence-electron chi connectivity index (χ3n) is 2.58. The topological polar surface area (TPSA) is 32.3 Å². The largest absolute Gasteiger partial charge is 0.387 e. The summed E-state index contributed by atoms with van der Waals surface area (Å²) in [6.45, 7) is 1.14. The van der Waals surface area contributed by atoms with Crippen LogP contribution in [0.1, 0.15) is 16.5 Å². The van der Waals surface area contributed by atoms with Crippen molar-refractivity contribution in [1.82, 2.24) is 5.32 Å². The standard InChI is InChI=1S/C13H12BrCl2NOS/c14-8-3-10(19-7-8)5-17-6-13(18)11-4-9(15)1-2-12(11)16/h1-4,7,13,17-18H,5-6H2. The van der Waals surface area contributed by atoms with Crippen molar-refractivity contribution in [2.24, 2.45) is 0 Å². The van der Waals surface area contributed by atoms with Crippen LogP contribution in [-0.4, -0.2) is 11.7 Å². The van der Waals surface area contributed by atoms with E-state index in [-0.39, 0.29) is 0 Å². The van der Waals surface area contributed by atoms with E-state index in [4.69, 9.17) is 23.2 Å². The SMILES string of the molecule is OC(CNCc1cc(Br)cs1)c1cc(Cl)ccc1Cl. The molecule has 6 heteroatoms. The van der Waals surface area contributed by atoms with E-state index < -0.39 is 6.10 Å². The Balaban J connectivity index is 1.90. The molecule has 19 heavy (non-hydrogen) atoms. The third-order valence-corrected chi connectivity index (χ3v) is 4.85. The van der Waals surface area contributed by atoms with Crippen LogP contribution in [-0.2, 0) is 6.54 Å². The minimum atomic E-state index is -0.672. The zero-order valence-electron chi connectivity index (χ0n) is 9.87. The van der Waals surface area contributed by atoms with E-state index in [9.17, 15) is 5.11 Å². The molecule has 0 aliphatic carbocycles. The number of thiophene rings is 1. The highest BCUT2D eigenvalue weighted by Crippen LogP contribution is 2.26. The summed E-state index contributed by atoms with van der Waals surface area (Å²) in [6.07, 6.45) is -0.672. The molecule has 2 nitrogen and oxygen atoms in total. The van der Waals surface area contributed by atoms with Crippen LogP contribution < -0.4 is 5.32 Å². The van der Waals surface area contributed by atoms with Crippen molar-refractivity contribution >= 4 is 50.5 Å². The molecule has 1 aromatic carbocycles. The Morgan fingerprint density at radius 1 is 1.32 bits per heavy atom. The summed E-state index contributed by atoms with van der Waals surface area (Å²) in [6, 6.07) is 7.14. The van der Waals surface area contributed by atoms with Gasteiger partial charge < -0.3 is 10.4 Å². The van der Waals surface area contributed by atoms with E-state index in [2.05, 4.69) is 27.3 Å². The van der Waals surface area contributed by atoms with Crippen molar-refractivity contribution in [3.63, 3.8) is 0 Å². The summed E-state index contributed by atoms with van der Waals surface area (Å²) >= 11 is 17.0. The summed E-state index contributed by atoms with van der Waals surface area (Å²) in [5.74, 6) is 0. The van der Waals surface area contributed by atoms with Gasteiger partial charge in [0.2, 0.25) is 0 Å². The predicted molar refractivity (Wildman–Crippen MR) is 85.1 cm³/mol. The minimum absolute atomic E-state index is 0.426. The van der Waals surface area contributed by atoms with Crippen LogP contribution in [0, 0.1) is 0 Å². The van der Waals surface area contributed by atoms with E-state index in [1.807, 2.05) is 5.38 Å². The minimum Gasteiger partial charge on any atom is -0.387 e. The van der Waals surface area contributed by atoms with Gasteiger partial charge in [0.25, 0.3) is 0 Å². The Bertz CT molecular complexity index is 561. The molecule has 0 radical (unpaired) electrons. The van der Waals surface area contributed by atoms with Crippen LogP contribution in [0.4, 0.5) is 0 Å². The highest BCUT2D eigenvalue weighted by atomic mass is 79.9. The number of rotatable bonds is 5. The van der Waals surface area contributed by atoms with Crippen LogP contribution >= 0.6 is 50.5 Å². The van der Waals surface area contributed by atoms with Gasteiger partial charge in [-0.25, -0.2) is 0 Å². The first-order chi connectivity index (χ1) is 9.06. The van der Waals surface area contributed by atoms with E-state index in [0.29, 0.717) is 28.7 Å².